The first kappa shape index (κ1) is 34.3. The topological polar surface area (TPSA) is 20.2 Å². The van der Waals surface area contributed by atoms with Crippen LogP contribution in [0.5, 0.6) is 0 Å². The molecule has 0 aromatic rings. The Bertz CT molecular complexity index is 1240. The lowest BCUT2D eigenvalue weighted by molar-refractivity contribution is 0.163. The molecule has 2 aliphatic carbocycles. The van der Waals surface area contributed by atoms with E-state index in [9.17, 15) is 5.11 Å². The number of hydrogen-bond donors (Lipinski definition) is 1. The molecule has 222 valence electrons. The van der Waals surface area contributed by atoms with E-state index < -0.39 is 0 Å². The van der Waals surface area contributed by atoms with Gasteiger partial charge in [-0.3, -0.25) is 0 Å². The second-order valence-electron chi connectivity index (χ2n) is 13.4. The lowest BCUT2D eigenvalue weighted by Gasteiger charge is -2.36. The summed E-state index contributed by atoms with van der Waals surface area (Å²) in [6.07, 6.45) is 36.7. The van der Waals surface area contributed by atoms with Crippen LogP contribution in [0.15, 0.2) is 130 Å². The van der Waals surface area contributed by atoms with Crippen LogP contribution in [-0.4, -0.2) is 11.2 Å². The molecule has 0 spiro atoms. The Balaban J connectivity index is 1.89. The summed E-state index contributed by atoms with van der Waals surface area (Å²) in [7, 11) is 0. The van der Waals surface area contributed by atoms with Gasteiger partial charge in [0.25, 0.3) is 0 Å². The van der Waals surface area contributed by atoms with Crippen molar-refractivity contribution in [3.05, 3.63) is 130 Å². The Kier molecular flexibility index (Phi) is 13.3. The number of rotatable bonds is 10. The highest BCUT2D eigenvalue weighted by atomic mass is 16.3. The molecule has 0 aromatic carbocycles. The highest BCUT2D eigenvalue weighted by Gasteiger charge is 2.31. The lowest BCUT2D eigenvalue weighted by Crippen LogP contribution is -2.27. The van der Waals surface area contributed by atoms with Crippen LogP contribution in [-0.2, 0) is 0 Å². The average Bonchev–Trinajstić information content (AvgIpc) is 2.88. The molecule has 2 atom stereocenters. The molecular weight excluding hydrogens is 496 g/mol. The Morgan fingerprint density at radius 2 is 1.24 bits per heavy atom. The zero-order valence-electron chi connectivity index (χ0n) is 27.6. The van der Waals surface area contributed by atoms with Gasteiger partial charge in [-0.2, -0.15) is 0 Å². The molecule has 0 fully saturated rings. The molecule has 0 aliphatic heterocycles. The van der Waals surface area contributed by atoms with Crippen molar-refractivity contribution >= 4 is 0 Å². The molecule has 41 heavy (non-hydrogen) atoms. The van der Waals surface area contributed by atoms with E-state index in [1.165, 1.54) is 46.3 Å². The van der Waals surface area contributed by atoms with Gasteiger partial charge in [0.15, 0.2) is 0 Å². The smallest absolute Gasteiger partial charge is 0.0753 e. The summed E-state index contributed by atoms with van der Waals surface area (Å²) >= 11 is 0. The summed E-state index contributed by atoms with van der Waals surface area (Å²) < 4.78 is 0. The highest BCUT2D eigenvalue weighted by Crippen LogP contribution is 2.42. The average molecular weight is 553 g/mol. The first-order valence-electron chi connectivity index (χ1n) is 15.4. The molecule has 0 radical (unpaired) electrons. The molecule has 0 heterocycles. The van der Waals surface area contributed by atoms with Crippen molar-refractivity contribution in [2.75, 3.05) is 0 Å². The van der Waals surface area contributed by atoms with Gasteiger partial charge in [-0.1, -0.05) is 147 Å². The number of allylic oxidation sites excluding steroid dienone is 21. The molecule has 1 N–H and O–H groups in total. The van der Waals surface area contributed by atoms with Crippen LogP contribution in [0.4, 0.5) is 0 Å². The third-order valence-corrected chi connectivity index (χ3v) is 8.61. The normalized spacial score (nSPS) is 25.1. The summed E-state index contributed by atoms with van der Waals surface area (Å²) in [5, 5.41) is 10.3. The van der Waals surface area contributed by atoms with Crippen molar-refractivity contribution in [1.82, 2.24) is 0 Å². The van der Waals surface area contributed by atoms with Gasteiger partial charge in [-0.15, -0.1) is 0 Å². The van der Waals surface area contributed by atoms with E-state index in [4.69, 9.17) is 0 Å². The maximum Gasteiger partial charge on any atom is 0.0753 e. The molecule has 1 heteroatoms. The number of hydrogen-bond acceptors (Lipinski definition) is 1. The van der Waals surface area contributed by atoms with Crippen molar-refractivity contribution in [3.63, 3.8) is 0 Å². The number of aliphatic hydroxyl groups excluding tert-OH is 1. The zero-order chi connectivity index (χ0) is 30.6. The van der Waals surface area contributed by atoms with Gasteiger partial charge in [0, 0.05) is 5.92 Å². The fourth-order valence-electron chi connectivity index (χ4n) is 5.70. The molecule has 1 nitrogen and oxygen atoms in total. The summed E-state index contributed by atoms with van der Waals surface area (Å²) in [6.45, 7) is 22.2. The summed E-state index contributed by atoms with van der Waals surface area (Å²) in [5.41, 5.74) is 9.19. The van der Waals surface area contributed by atoms with E-state index in [0.29, 0.717) is 11.3 Å². The van der Waals surface area contributed by atoms with Crippen molar-refractivity contribution < 1.29 is 5.11 Å². The summed E-state index contributed by atoms with van der Waals surface area (Å²) in [4.78, 5) is 0. The van der Waals surface area contributed by atoms with E-state index in [0.717, 1.165) is 18.4 Å². The highest BCUT2D eigenvalue weighted by molar-refractivity contribution is 5.39. The van der Waals surface area contributed by atoms with E-state index in [-0.39, 0.29) is 11.5 Å². The van der Waals surface area contributed by atoms with Crippen LogP contribution in [0.2, 0.25) is 0 Å². The van der Waals surface area contributed by atoms with Crippen LogP contribution in [0.25, 0.3) is 0 Å². The van der Waals surface area contributed by atoms with Crippen molar-refractivity contribution in [2.24, 2.45) is 16.7 Å². The minimum atomic E-state index is -0.308. The SMILES string of the molecule is CC1=CCCC(C)(C)C1/C=C/C(C)=C/C=C/C(C)=C/C=C/C=C(C)/C=C/C=C(C)/C=C/C1=C(C)[C@H](O)CCC1(C)C. The standard InChI is InChI=1S/C40H56O/c1-30(18-13-20-32(3)23-25-36-34(5)22-15-28-39(36,7)8)16-11-12-17-31(2)19-14-21-33(4)24-26-37-35(6)38(41)27-29-40(37,9)10/h11-14,16-26,36,38,41H,15,27-29H2,1-10H3/b12-11+,18-13+,19-14+,25-23+,26-24+,30-16+,31-17+,32-20+,33-21+/t36?,38-/m1/s1. The Hall–Kier alpha value is -2.90. The van der Waals surface area contributed by atoms with Gasteiger partial charge in [0.1, 0.15) is 0 Å². The van der Waals surface area contributed by atoms with Crippen LogP contribution >= 0.6 is 0 Å². The molecule has 0 aromatic heterocycles. The second-order valence-corrected chi connectivity index (χ2v) is 13.4. The number of aliphatic hydroxyl groups is 1. The largest absolute Gasteiger partial charge is 0.389 e. The summed E-state index contributed by atoms with van der Waals surface area (Å²) in [6, 6.07) is 0. The first-order valence-corrected chi connectivity index (χ1v) is 15.4. The minimum absolute atomic E-state index is 0.111. The fourth-order valence-corrected chi connectivity index (χ4v) is 5.70. The van der Waals surface area contributed by atoms with Crippen LogP contribution in [0.3, 0.4) is 0 Å². The van der Waals surface area contributed by atoms with E-state index in [1.807, 2.05) is 0 Å². The molecular formula is C40H56O. The Morgan fingerprint density at radius 3 is 1.80 bits per heavy atom. The van der Waals surface area contributed by atoms with Crippen LogP contribution < -0.4 is 0 Å². The van der Waals surface area contributed by atoms with Gasteiger partial charge in [-0.05, 0) is 89.2 Å². The molecule has 0 bridgehead atoms. The third-order valence-electron chi connectivity index (χ3n) is 8.61. The monoisotopic (exact) mass is 552 g/mol. The molecule has 2 aliphatic rings. The quantitative estimate of drug-likeness (QED) is 0.211. The predicted octanol–water partition coefficient (Wildman–Crippen LogP) is 11.4. The van der Waals surface area contributed by atoms with E-state index >= 15 is 0 Å². The predicted molar refractivity (Wildman–Crippen MR) is 183 cm³/mol. The molecule has 0 amide bonds. The van der Waals surface area contributed by atoms with E-state index in [2.05, 4.69) is 160 Å². The van der Waals surface area contributed by atoms with Gasteiger partial charge in [0.05, 0.1) is 6.10 Å². The van der Waals surface area contributed by atoms with Gasteiger partial charge in [0.2, 0.25) is 0 Å². The van der Waals surface area contributed by atoms with E-state index in [1.54, 1.807) is 0 Å². The van der Waals surface area contributed by atoms with Gasteiger partial charge >= 0.3 is 0 Å². The molecule has 0 saturated carbocycles. The maximum atomic E-state index is 10.3. The van der Waals surface area contributed by atoms with Crippen molar-refractivity contribution in [3.8, 4) is 0 Å². The molecule has 2 rings (SSSR count). The fraction of sp³-hybridized carbons (Fsp3) is 0.450. The Morgan fingerprint density at radius 1 is 0.732 bits per heavy atom. The summed E-state index contributed by atoms with van der Waals surface area (Å²) in [5.74, 6) is 0.524. The van der Waals surface area contributed by atoms with Crippen molar-refractivity contribution in [2.45, 2.75) is 101 Å². The van der Waals surface area contributed by atoms with Crippen LogP contribution in [0, 0.1) is 16.7 Å². The van der Waals surface area contributed by atoms with Gasteiger partial charge < -0.3 is 5.11 Å². The second kappa shape index (κ2) is 15.9. The van der Waals surface area contributed by atoms with Gasteiger partial charge in [-0.25, -0.2) is 0 Å². The van der Waals surface area contributed by atoms with Crippen molar-refractivity contribution in [1.29, 1.82) is 0 Å². The zero-order valence-corrected chi connectivity index (χ0v) is 27.6. The maximum absolute atomic E-state index is 10.3. The molecule has 0 saturated heterocycles. The Labute approximate surface area is 252 Å². The minimum Gasteiger partial charge on any atom is -0.389 e. The van der Waals surface area contributed by atoms with Crippen LogP contribution in [0.1, 0.15) is 94.9 Å². The third kappa shape index (κ3) is 11.5. The first-order chi connectivity index (χ1) is 19.2. The molecule has 1 unspecified atom stereocenters. The lowest BCUT2D eigenvalue weighted by atomic mass is 9.68.